The van der Waals surface area contributed by atoms with Gasteiger partial charge in [-0.15, -0.1) is 0 Å². The molecule has 6 nitrogen and oxygen atoms in total. The fourth-order valence-electron chi connectivity index (χ4n) is 4.14. The predicted molar refractivity (Wildman–Crippen MR) is 98.6 cm³/mol. The molecule has 2 aliphatic rings. The SMILES string of the molecule is COc1cc(C2OC[C@@H]3C(c4ccc(OC)c(OC)c4)OC[C@@H]23)ccc1O. The number of benzene rings is 2. The van der Waals surface area contributed by atoms with Gasteiger partial charge in [-0.3, -0.25) is 0 Å². The van der Waals surface area contributed by atoms with Crippen LogP contribution in [0.1, 0.15) is 23.3 Å². The topological polar surface area (TPSA) is 66.4 Å². The molecule has 27 heavy (non-hydrogen) atoms. The second-order valence-electron chi connectivity index (χ2n) is 6.88. The molecule has 0 radical (unpaired) electrons. The van der Waals surface area contributed by atoms with E-state index in [9.17, 15) is 5.11 Å². The molecule has 0 amide bonds. The smallest absolute Gasteiger partial charge is 0.161 e. The van der Waals surface area contributed by atoms with Gasteiger partial charge >= 0.3 is 0 Å². The summed E-state index contributed by atoms with van der Waals surface area (Å²) in [7, 11) is 4.80. The molecule has 2 aromatic carbocycles. The average Bonchev–Trinajstić information content (AvgIpc) is 3.30. The molecule has 2 fully saturated rings. The second-order valence-corrected chi connectivity index (χ2v) is 6.88. The standard InChI is InChI=1S/C21H24O6/c1-23-17-7-5-13(9-19(17)25-3)21-15-11-26-20(14(15)10-27-21)12-4-6-16(22)18(8-12)24-2/h4-9,14-15,20-22H,10-11H2,1-3H3/t14-,15+,20?,21?/m1/s1. The Balaban J connectivity index is 1.57. The highest BCUT2D eigenvalue weighted by Crippen LogP contribution is 2.51. The summed E-state index contributed by atoms with van der Waals surface area (Å²) in [4.78, 5) is 0. The summed E-state index contributed by atoms with van der Waals surface area (Å²) in [5.74, 6) is 2.48. The molecule has 2 saturated heterocycles. The van der Waals surface area contributed by atoms with Crippen LogP contribution in [0.5, 0.6) is 23.0 Å². The highest BCUT2D eigenvalue weighted by Gasteiger charge is 2.48. The van der Waals surface area contributed by atoms with Crippen molar-refractivity contribution in [3.05, 3.63) is 47.5 Å². The van der Waals surface area contributed by atoms with E-state index in [4.69, 9.17) is 23.7 Å². The van der Waals surface area contributed by atoms with Gasteiger partial charge in [0, 0.05) is 11.8 Å². The minimum Gasteiger partial charge on any atom is -0.504 e. The van der Waals surface area contributed by atoms with Crippen molar-refractivity contribution >= 4 is 0 Å². The Hall–Kier alpha value is -2.44. The number of fused-ring (bicyclic) bond motifs is 1. The number of aromatic hydroxyl groups is 1. The van der Waals surface area contributed by atoms with E-state index in [1.165, 1.54) is 0 Å². The van der Waals surface area contributed by atoms with Crippen LogP contribution in [0.2, 0.25) is 0 Å². The van der Waals surface area contributed by atoms with Gasteiger partial charge in [-0.25, -0.2) is 0 Å². The van der Waals surface area contributed by atoms with Gasteiger partial charge in [0.15, 0.2) is 23.0 Å². The molecule has 2 heterocycles. The number of phenolic OH excluding ortho intramolecular Hbond substituents is 1. The summed E-state index contributed by atoms with van der Waals surface area (Å²) in [6.45, 7) is 1.25. The van der Waals surface area contributed by atoms with Crippen LogP contribution in [-0.2, 0) is 9.47 Å². The fraction of sp³-hybridized carbons (Fsp3) is 0.429. The van der Waals surface area contributed by atoms with Crippen molar-refractivity contribution in [2.24, 2.45) is 11.8 Å². The monoisotopic (exact) mass is 372 g/mol. The highest BCUT2D eigenvalue weighted by molar-refractivity contribution is 5.45. The second kappa shape index (κ2) is 7.29. The van der Waals surface area contributed by atoms with Crippen molar-refractivity contribution in [3.63, 3.8) is 0 Å². The van der Waals surface area contributed by atoms with Crippen LogP contribution in [0.3, 0.4) is 0 Å². The van der Waals surface area contributed by atoms with Gasteiger partial charge in [-0.1, -0.05) is 12.1 Å². The Kier molecular flexibility index (Phi) is 4.85. The van der Waals surface area contributed by atoms with Gasteiger partial charge in [0.2, 0.25) is 0 Å². The first kappa shape index (κ1) is 17.9. The van der Waals surface area contributed by atoms with Gasteiger partial charge in [0.25, 0.3) is 0 Å². The minimum atomic E-state index is -0.0744. The van der Waals surface area contributed by atoms with Crippen LogP contribution in [0, 0.1) is 11.8 Å². The van der Waals surface area contributed by atoms with Gasteiger partial charge in [0.1, 0.15) is 0 Å². The third-order valence-corrected chi connectivity index (χ3v) is 5.53. The summed E-state index contributed by atoms with van der Waals surface area (Å²) in [6.07, 6.45) is -0.117. The lowest BCUT2D eigenvalue weighted by molar-refractivity contribution is 0.0191. The lowest BCUT2D eigenvalue weighted by Gasteiger charge is -2.18. The largest absolute Gasteiger partial charge is 0.504 e. The number of hydrogen-bond donors (Lipinski definition) is 1. The van der Waals surface area contributed by atoms with Crippen LogP contribution in [-0.4, -0.2) is 39.6 Å². The highest BCUT2D eigenvalue weighted by atomic mass is 16.5. The summed E-state index contributed by atoms with van der Waals surface area (Å²) in [5, 5.41) is 9.84. The van der Waals surface area contributed by atoms with Gasteiger partial charge < -0.3 is 28.8 Å². The minimum absolute atomic E-state index is 0.0428. The van der Waals surface area contributed by atoms with E-state index < -0.39 is 0 Å². The summed E-state index contributed by atoms with van der Waals surface area (Å²) in [6, 6.07) is 11.3. The van der Waals surface area contributed by atoms with E-state index in [-0.39, 0.29) is 29.8 Å². The molecular formula is C21H24O6. The van der Waals surface area contributed by atoms with Crippen molar-refractivity contribution in [3.8, 4) is 23.0 Å². The zero-order valence-electron chi connectivity index (χ0n) is 15.7. The maximum absolute atomic E-state index is 9.84. The van der Waals surface area contributed by atoms with E-state index in [1.54, 1.807) is 27.4 Å². The maximum Gasteiger partial charge on any atom is 0.161 e. The normalized spacial score (nSPS) is 26.6. The maximum atomic E-state index is 9.84. The first-order chi connectivity index (χ1) is 13.2. The molecular weight excluding hydrogens is 348 g/mol. The number of hydrogen-bond acceptors (Lipinski definition) is 6. The van der Waals surface area contributed by atoms with Crippen LogP contribution in [0.4, 0.5) is 0 Å². The van der Waals surface area contributed by atoms with Gasteiger partial charge in [-0.2, -0.15) is 0 Å². The van der Waals surface area contributed by atoms with Crippen LogP contribution in [0.25, 0.3) is 0 Å². The molecule has 0 aromatic heterocycles. The molecule has 0 aliphatic carbocycles. The van der Waals surface area contributed by atoms with E-state index in [0.29, 0.717) is 30.5 Å². The molecule has 4 rings (SSSR count). The van der Waals surface area contributed by atoms with Crippen LogP contribution >= 0.6 is 0 Å². The number of ether oxygens (including phenoxy) is 5. The van der Waals surface area contributed by atoms with Crippen molar-refractivity contribution in [2.45, 2.75) is 12.2 Å². The number of phenols is 1. The zero-order valence-corrected chi connectivity index (χ0v) is 15.7. The van der Waals surface area contributed by atoms with Crippen molar-refractivity contribution in [1.82, 2.24) is 0 Å². The molecule has 144 valence electrons. The molecule has 0 saturated carbocycles. The first-order valence-corrected chi connectivity index (χ1v) is 8.98. The Morgan fingerprint density at radius 3 is 1.81 bits per heavy atom. The summed E-state index contributed by atoms with van der Waals surface area (Å²) in [5.41, 5.74) is 2.06. The van der Waals surface area contributed by atoms with E-state index in [2.05, 4.69) is 0 Å². The molecule has 1 N–H and O–H groups in total. The van der Waals surface area contributed by atoms with Crippen LogP contribution < -0.4 is 14.2 Å². The lowest BCUT2D eigenvalue weighted by Crippen LogP contribution is -2.14. The van der Waals surface area contributed by atoms with E-state index in [0.717, 1.165) is 11.1 Å². The fourth-order valence-corrected chi connectivity index (χ4v) is 4.14. The van der Waals surface area contributed by atoms with Crippen molar-refractivity contribution in [1.29, 1.82) is 0 Å². The third kappa shape index (κ3) is 3.09. The molecule has 0 bridgehead atoms. The van der Waals surface area contributed by atoms with Crippen LogP contribution in [0.15, 0.2) is 36.4 Å². The zero-order chi connectivity index (χ0) is 19.0. The third-order valence-electron chi connectivity index (χ3n) is 5.53. The molecule has 0 spiro atoms. The van der Waals surface area contributed by atoms with Gasteiger partial charge in [-0.05, 0) is 35.4 Å². The molecule has 4 atom stereocenters. The Morgan fingerprint density at radius 2 is 1.26 bits per heavy atom. The molecule has 2 aromatic rings. The number of rotatable bonds is 5. The van der Waals surface area contributed by atoms with Gasteiger partial charge in [0.05, 0.1) is 46.8 Å². The van der Waals surface area contributed by atoms with Crippen molar-refractivity contribution < 1.29 is 28.8 Å². The lowest BCUT2D eigenvalue weighted by atomic mass is 9.85. The molecule has 6 heteroatoms. The first-order valence-electron chi connectivity index (χ1n) is 8.98. The Bertz CT molecular complexity index is 820. The van der Waals surface area contributed by atoms with Crippen molar-refractivity contribution in [2.75, 3.05) is 34.5 Å². The summed E-state index contributed by atoms with van der Waals surface area (Å²) < 4.78 is 28.3. The Morgan fingerprint density at radius 1 is 0.741 bits per heavy atom. The Labute approximate surface area is 158 Å². The van der Waals surface area contributed by atoms with E-state index >= 15 is 0 Å². The van der Waals surface area contributed by atoms with E-state index in [1.807, 2.05) is 30.3 Å². The average molecular weight is 372 g/mol. The predicted octanol–water partition coefficient (Wildman–Crippen LogP) is 3.49. The summed E-state index contributed by atoms with van der Waals surface area (Å²) >= 11 is 0. The quantitative estimate of drug-likeness (QED) is 0.867. The molecule has 2 unspecified atom stereocenters. The molecule has 2 aliphatic heterocycles. The number of methoxy groups -OCH3 is 3.